The number of hydrogen-bond acceptors (Lipinski definition) is 3. The van der Waals surface area contributed by atoms with Gasteiger partial charge in [-0.1, -0.05) is 56.2 Å². The third kappa shape index (κ3) is 5.06. The number of unbranched alkanes of at least 4 members (excludes halogenated alkanes) is 1. The Labute approximate surface area is 174 Å². The van der Waals surface area contributed by atoms with Crippen LogP contribution in [0.3, 0.4) is 0 Å². The Morgan fingerprint density at radius 1 is 0.897 bits per heavy atom. The summed E-state index contributed by atoms with van der Waals surface area (Å²) in [5.41, 5.74) is 5.19. The predicted octanol–water partition coefficient (Wildman–Crippen LogP) is 4.96. The van der Waals surface area contributed by atoms with Gasteiger partial charge in [0.15, 0.2) is 0 Å². The number of aromatic nitrogens is 2. The molecule has 29 heavy (non-hydrogen) atoms. The summed E-state index contributed by atoms with van der Waals surface area (Å²) in [7, 11) is 0. The average molecular weight is 391 g/mol. The molecule has 1 N–H and O–H groups in total. The minimum absolute atomic E-state index is 0.822. The van der Waals surface area contributed by atoms with E-state index >= 15 is 0 Å². The number of hydrogen-bond donors (Lipinski definition) is 1. The van der Waals surface area contributed by atoms with Crippen LogP contribution >= 0.6 is 0 Å². The average Bonchev–Trinajstić information content (AvgIpc) is 3.11. The lowest BCUT2D eigenvalue weighted by atomic mass is 10.0. The standard InChI is InChI=1S/C25H34N4/c1-2-3-15-26-18-25-27-23-13-7-8-14-24(23)29(25)20-22-12-6-5-11-21(22)19-28-16-9-4-10-17-28/h5-8,11-14,26H,2-4,9-10,15-20H2,1H3. The molecular weight excluding hydrogens is 356 g/mol. The molecule has 0 saturated carbocycles. The lowest BCUT2D eigenvalue weighted by molar-refractivity contribution is 0.220. The fourth-order valence-electron chi connectivity index (χ4n) is 4.33. The first-order chi connectivity index (χ1) is 14.3. The molecule has 0 bridgehead atoms. The highest BCUT2D eigenvalue weighted by molar-refractivity contribution is 5.76. The topological polar surface area (TPSA) is 33.1 Å². The van der Waals surface area contributed by atoms with Crippen molar-refractivity contribution in [2.24, 2.45) is 0 Å². The molecular formula is C25H34N4. The van der Waals surface area contributed by atoms with E-state index in [0.717, 1.165) is 37.5 Å². The molecule has 2 aromatic carbocycles. The molecule has 4 heteroatoms. The number of rotatable bonds is 9. The number of piperidine rings is 1. The molecule has 1 saturated heterocycles. The summed E-state index contributed by atoms with van der Waals surface area (Å²) in [6.45, 7) is 8.51. The Kier molecular flexibility index (Phi) is 6.96. The summed E-state index contributed by atoms with van der Waals surface area (Å²) in [4.78, 5) is 7.55. The number of nitrogens with one attached hydrogen (secondary N) is 1. The van der Waals surface area contributed by atoms with Crippen LogP contribution in [0.1, 0.15) is 56.0 Å². The number of benzene rings is 2. The van der Waals surface area contributed by atoms with Gasteiger partial charge in [-0.3, -0.25) is 4.90 Å². The Balaban J connectivity index is 1.58. The fourth-order valence-corrected chi connectivity index (χ4v) is 4.33. The van der Waals surface area contributed by atoms with Crippen molar-refractivity contribution in [3.05, 3.63) is 65.5 Å². The Morgan fingerprint density at radius 2 is 1.62 bits per heavy atom. The molecule has 0 spiro atoms. The second-order valence-corrected chi connectivity index (χ2v) is 8.24. The summed E-state index contributed by atoms with van der Waals surface area (Å²) in [5, 5.41) is 3.58. The first kappa shape index (κ1) is 20.1. The molecule has 0 amide bonds. The van der Waals surface area contributed by atoms with Crippen molar-refractivity contribution in [1.29, 1.82) is 0 Å². The van der Waals surface area contributed by atoms with Gasteiger partial charge in [0.25, 0.3) is 0 Å². The van der Waals surface area contributed by atoms with Gasteiger partial charge in [-0.15, -0.1) is 0 Å². The highest BCUT2D eigenvalue weighted by Gasteiger charge is 2.15. The molecule has 154 valence electrons. The summed E-state index contributed by atoms with van der Waals surface area (Å²) in [5.74, 6) is 1.13. The summed E-state index contributed by atoms with van der Waals surface area (Å²) < 4.78 is 2.41. The highest BCUT2D eigenvalue weighted by Crippen LogP contribution is 2.21. The second-order valence-electron chi connectivity index (χ2n) is 8.24. The van der Waals surface area contributed by atoms with E-state index in [2.05, 4.69) is 70.2 Å². The van der Waals surface area contributed by atoms with Gasteiger partial charge in [0.1, 0.15) is 5.82 Å². The van der Waals surface area contributed by atoms with Gasteiger partial charge < -0.3 is 9.88 Å². The van der Waals surface area contributed by atoms with Crippen molar-refractivity contribution >= 4 is 11.0 Å². The van der Waals surface area contributed by atoms with Gasteiger partial charge in [-0.2, -0.15) is 0 Å². The molecule has 0 atom stereocenters. The zero-order valence-corrected chi connectivity index (χ0v) is 17.7. The fraction of sp³-hybridized carbons (Fsp3) is 0.480. The number of likely N-dealkylation sites (tertiary alicyclic amines) is 1. The highest BCUT2D eigenvalue weighted by atomic mass is 15.1. The minimum Gasteiger partial charge on any atom is -0.322 e. The van der Waals surface area contributed by atoms with E-state index in [0.29, 0.717) is 0 Å². The van der Waals surface area contributed by atoms with Gasteiger partial charge >= 0.3 is 0 Å². The van der Waals surface area contributed by atoms with Crippen LogP contribution < -0.4 is 5.32 Å². The van der Waals surface area contributed by atoms with Crippen LogP contribution in [0, 0.1) is 0 Å². The molecule has 1 aliphatic rings. The zero-order chi connectivity index (χ0) is 19.9. The number of nitrogens with zero attached hydrogens (tertiary/aromatic N) is 3. The Morgan fingerprint density at radius 3 is 2.41 bits per heavy atom. The molecule has 0 radical (unpaired) electrons. The van der Waals surface area contributed by atoms with Gasteiger partial charge in [-0.25, -0.2) is 4.98 Å². The molecule has 4 rings (SSSR count). The van der Waals surface area contributed by atoms with E-state index < -0.39 is 0 Å². The second kappa shape index (κ2) is 10.0. The molecule has 0 unspecified atom stereocenters. The van der Waals surface area contributed by atoms with Crippen LogP contribution in [0.5, 0.6) is 0 Å². The zero-order valence-electron chi connectivity index (χ0n) is 17.7. The van der Waals surface area contributed by atoms with E-state index in [9.17, 15) is 0 Å². The molecule has 1 aromatic heterocycles. The van der Waals surface area contributed by atoms with E-state index in [1.54, 1.807) is 0 Å². The van der Waals surface area contributed by atoms with Crippen molar-refractivity contribution in [3.63, 3.8) is 0 Å². The van der Waals surface area contributed by atoms with Crippen molar-refractivity contribution in [1.82, 2.24) is 19.8 Å². The van der Waals surface area contributed by atoms with E-state index in [1.807, 2.05) is 0 Å². The van der Waals surface area contributed by atoms with Crippen molar-refractivity contribution < 1.29 is 0 Å². The smallest absolute Gasteiger partial charge is 0.124 e. The first-order valence-electron chi connectivity index (χ1n) is 11.3. The van der Waals surface area contributed by atoms with Gasteiger partial charge in [-0.05, 0) is 62.2 Å². The Bertz CT molecular complexity index is 908. The molecule has 1 fully saturated rings. The molecule has 0 aliphatic carbocycles. The third-order valence-corrected chi connectivity index (χ3v) is 6.01. The molecule has 3 aromatic rings. The maximum Gasteiger partial charge on any atom is 0.124 e. The predicted molar refractivity (Wildman–Crippen MR) is 121 cm³/mol. The Hall–Kier alpha value is -2.17. The van der Waals surface area contributed by atoms with Gasteiger partial charge in [0, 0.05) is 13.1 Å². The normalized spacial score (nSPS) is 15.2. The SMILES string of the molecule is CCCCNCc1nc2ccccc2n1Cc1ccccc1CN1CCCCC1. The first-order valence-corrected chi connectivity index (χ1v) is 11.3. The van der Waals surface area contributed by atoms with Crippen LogP contribution in [-0.2, 0) is 19.6 Å². The molecule has 2 heterocycles. The lowest BCUT2D eigenvalue weighted by Gasteiger charge is -2.27. The molecule has 4 nitrogen and oxygen atoms in total. The van der Waals surface area contributed by atoms with Crippen molar-refractivity contribution in [2.45, 2.75) is 58.7 Å². The third-order valence-electron chi connectivity index (χ3n) is 6.01. The number of para-hydroxylation sites is 2. The molecule has 1 aliphatic heterocycles. The van der Waals surface area contributed by atoms with E-state index in [4.69, 9.17) is 4.98 Å². The quantitative estimate of drug-likeness (QED) is 0.524. The van der Waals surface area contributed by atoms with E-state index in [1.165, 1.54) is 61.8 Å². The minimum atomic E-state index is 0.822. The summed E-state index contributed by atoms with van der Waals surface area (Å²) in [6, 6.07) is 17.5. The van der Waals surface area contributed by atoms with Crippen LogP contribution in [-0.4, -0.2) is 34.1 Å². The maximum absolute atomic E-state index is 4.94. The maximum atomic E-state index is 4.94. The lowest BCUT2D eigenvalue weighted by Crippen LogP contribution is -2.29. The van der Waals surface area contributed by atoms with Crippen molar-refractivity contribution in [3.8, 4) is 0 Å². The largest absolute Gasteiger partial charge is 0.322 e. The van der Waals surface area contributed by atoms with Crippen molar-refractivity contribution in [2.75, 3.05) is 19.6 Å². The summed E-state index contributed by atoms with van der Waals surface area (Å²) >= 11 is 0. The van der Waals surface area contributed by atoms with Crippen LogP contribution in [0.25, 0.3) is 11.0 Å². The van der Waals surface area contributed by atoms with Gasteiger partial charge in [0.05, 0.1) is 17.6 Å². The van der Waals surface area contributed by atoms with Crippen LogP contribution in [0.2, 0.25) is 0 Å². The van der Waals surface area contributed by atoms with E-state index in [-0.39, 0.29) is 0 Å². The monoisotopic (exact) mass is 390 g/mol. The summed E-state index contributed by atoms with van der Waals surface area (Å²) in [6.07, 6.45) is 6.48. The number of fused-ring (bicyclic) bond motifs is 1. The van der Waals surface area contributed by atoms with Crippen LogP contribution in [0.15, 0.2) is 48.5 Å². The van der Waals surface area contributed by atoms with Gasteiger partial charge in [0.2, 0.25) is 0 Å². The number of imidazole rings is 1. The van der Waals surface area contributed by atoms with Crippen LogP contribution in [0.4, 0.5) is 0 Å².